The standard InChI is InChI=1S/C14H18N2O2/c1-10-5-3-6-11(2)13(10)14(18)16-8-4-7-15-12(17)9-16/h3,5-6H,4,7-9H2,1-2H3,(H,15,17). The Hall–Kier alpha value is -1.84. The summed E-state index contributed by atoms with van der Waals surface area (Å²) in [5, 5.41) is 2.78. The molecule has 96 valence electrons. The van der Waals surface area contributed by atoms with Crippen LogP contribution in [0.25, 0.3) is 0 Å². The summed E-state index contributed by atoms with van der Waals surface area (Å²) in [5.74, 6) is -0.116. The number of rotatable bonds is 1. The van der Waals surface area contributed by atoms with Gasteiger partial charge in [0.1, 0.15) is 0 Å². The highest BCUT2D eigenvalue weighted by Crippen LogP contribution is 2.16. The summed E-state index contributed by atoms with van der Waals surface area (Å²) in [4.78, 5) is 25.6. The van der Waals surface area contributed by atoms with Crippen molar-refractivity contribution in [2.45, 2.75) is 20.3 Å². The maximum atomic E-state index is 12.5. The van der Waals surface area contributed by atoms with E-state index < -0.39 is 0 Å². The zero-order chi connectivity index (χ0) is 13.1. The average molecular weight is 246 g/mol. The second-order valence-corrected chi connectivity index (χ2v) is 4.70. The summed E-state index contributed by atoms with van der Waals surface area (Å²) < 4.78 is 0. The first-order valence-corrected chi connectivity index (χ1v) is 6.22. The molecule has 4 nitrogen and oxygen atoms in total. The fourth-order valence-corrected chi connectivity index (χ4v) is 2.29. The number of carbonyl (C=O) groups excluding carboxylic acids is 2. The lowest BCUT2D eigenvalue weighted by atomic mass is 10.0. The molecule has 0 spiro atoms. The number of amides is 2. The Morgan fingerprint density at radius 3 is 2.61 bits per heavy atom. The number of benzene rings is 1. The molecular formula is C14H18N2O2. The van der Waals surface area contributed by atoms with Crippen molar-refractivity contribution < 1.29 is 9.59 Å². The van der Waals surface area contributed by atoms with Gasteiger partial charge >= 0.3 is 0 Å². The van der Waals surface area contributed by atoms with Gasteiger partial charge in [-0.3, -0.25) is 9.59 Å². The number of hydrogen-bond donors (Lipinski definition) is 1. The molecule has 1 aliphatic rings. The number of aryl methyl sites for hydroxylation is 2. The van der Waals surface area contributed by atoms with Crippen molar-refractivity contribution in [3.63, 3.8) is 0 Å². The lowest BCUT2D eigenvalue weighted by Gasteiger charge is -2.21. The molecule has 1 saturated heterocycles. The Morgan fingerprint density at radius 1 is 1.28 bits per heavy atom. The third-order valence-electron chi connectivity index (χ3n) is 3.24. The van der Waals surface area contributed by atoms with E-state index in [0.29, 0.717) is 13.1 Å². The number of nitrogens with zero attached hydrogens (tertiary/aromatic N) is 1. The Bertz CT molecular complexity index is 462. The molecule has 0 bridgehead atoms. The normalized spacial score (nSPS) is 16.1. The maximum Gasteiger partial charge on any atom is 0.254 e. The zero-order valence-electron chi connectivity index (χ0n) is 10.8. The van der Waals surface area contributed by atoms with Gasteiger partial charge in [-0.15, -0.1) is 0 Å². The lowest BCUT2D eigenvalue weighted by Crippen LogP contribution is -2.37. The summed E-state index contributed by atoms with van der Waals surface area (Å²) in [6, 6.07) is 5.80. The molecule has 0 unspecified atom stereocenters. The van der Waals surface area contributed by atoms with Crippen LogP contribution in [0.5, 0.6) is 0 Å². The molecular weight excluding hydrogens is 228 g/mol. The summed E-state index contributed by atoms with van der Waals surface area (Å²) in [7, 11) is 0. The van der Waals surface area contributed by atoms with Gasteiger partial charge in [0, 0.05) is 18.7 Å². The molecule has 0 saturated carbocycles. The van der Waals surface area contributed by atoms with Gasteiger partial charge in [0.05, 0.1) is 6.54 Å². The van der Waals surface area contributed by atoms with Gasteiger partial charge in [0.2, 0.25) is 5.91 Å². The van der Waals surface area contributed by atoms with Gasteiger partial charge in [0.25, 0.3) is 5.91 Å². The van der Waals surface area contributed by atoms with Crippen molar-refractivity contribution in [3.8, 4) is 0 Å². The Balaban J connectivity index is 2.27. The average Bonchev–Trinajstić information content (AvgIpc) is 2.53. The number of nitrogens with one attached hydrogen (secondary N) is 1. The van der Waals surface area contributed by atoms with Crippen molar-refractivity contribution in [2.24, 2.45) is 0 Å². The smallest absolute Gasteiger partial charge is 0.254 e. The highest BCUT2D eigenvalue weighted by atomic mass is 16.2. The molecule has 1 fully saturated rings. The van der Waals surface area contributed by atoms with Crippen LogP contribution in [0.1, 0.15) is 27.9 Å². The van der Waals surface area contributed by atoms with E-state index >= 15 is 0 Å². The van der Waals surface area contributed by atoms with Crippen LogP contribution in [0.2, 0.25) is 0 Å². The van der Waals surface area contributed by atoms with E-state index in [1.165, 1.54) is 0 Å². The first-order valence-electron chi connectivity index (χ1n) is 6.22. The third kappa shape index (κ3) is 2.53. The minimum atomic E-state index is -0.0768. The quantitative estimate of drug-likeness (QED) is 0.811. The van der Waals surface area contributed by atoms with Crippen LogP contribution >= 0.6 is 0 Å². The molecule has 18 heavy (non-hydrogen) atoms. The van der Waals surface area contributed by atoms with Gasteiger partial charge in [-0.2, -0.15) is 0 Å². The highest BCUT2D eigenvalue weighted by molar-refractivity contribution is 5.99. The van der Waals surface area contributed by atoms with E-state index in [2.05, 4.69) is 5.32 Å². The largest absolute Gasteiger partial charge is 0.354 e. The maximum absolute atomic E-state index is 12.5. The molecule has 1 aromatic rings. The first-order chi connectivity index (χ1) is 8.59. The topological polar surface area (TPSA) is 49.4 Å². The van der Waals surface area contributed by atoms with Crippen LogP contribution in [0.3, 0.4) is 0 Å². The van der Waals surface area contributed by atoms with E-state index in [4.69, 9.17) is 0 Å². The molecule has 1 N–H and O–H groups in total. The number of hydrogen-bond acceptors (Lipinski definition) is 2. The van der Waals surface area contributed by atoms with Crippen molar-refractivity contribution in [3.05, 3.63) is 34.9 Å². The van der Waals surface area contributed by atoms with Crippen LogP contribution in [0.15, 0.2) is 18.2 Å². The first kappa shape index (κ1) is 12.6. The monoisotopic (exact) mass is 246 g/mol. The molecule has 1 aromatic carbocycles. The van der Waals surface area contributed by atoms with Crippen LogP contribution < -0.4 is 5.32 Å². The van der Waals surface area contributed by atoms with Gasteiger partial charge in [-0.1, -0.05) is 18.2 Å². The highest BCUT2D eigenvalue weighted by Gasteiger charge is 2.23. The van der Waals surface area contributed by atoms with E-state index in [0.717, 1.165) is 23.1 Å². The van der Waals surface area contributed by atoms with E-state index in [1.54, 1.807) is 4.90 Å². The Labute approximate surface area is 107 Å². The van der Waals surface area contributed by atoms with Crippen molar-refractivity contribution in [1.82, 2.24) is 10.2 Å². The fraction of sp³-hybridized carbons (Fsp3) is 0.429. The molecule has 0 aromatic heterocycles. The van der Waals surface area contributed by atoms with Crippen molar-refractivity contribution in [2.75, 3.05) is 19.6 Å². The molecule has 0 aliphatic carbocycles. The van der Waals surface area contributed by atoms with Gasteiger partial charge in [-0.05, 0) is 31.4 Å². The molecule has 2 amide bonds. The summed E-state index contributed by atoms with van der Waals surface area (Å²) >= 11 is 0. The second kappa shape index (κ2) is 5.21. The SMILES string of the molecule is Cc1cccc(C)c1C(=O)N1CCCNC(=O)C1. The molecule has 4 heteroatoms. The van der Waals surface area contributed by atoms with E-state index in [9.17, 15) is 9.59 Å². The second-order valence-electron chi connectivity index (χ2n) is 4.70. The summed E-state index contributed by atoms with van der Waals surface area (Å²) in [6.07, 6.45) is 0.808. The Morgan fingerprint density at radius 2 is 1.94 bits per heavy atom. The van der Waals surface area contributed by atoms with Crippen LogP contribution in [-0.2, 0) is 4.79 Å². The van der Waals surface area contributed by atoms with Crippen molar-refractivity contribution in [1.29, 1.82) is 0 Å². The Kier molecular flexibility index (Phi) is 3.65. The predicted octanol–water partition coefficient (Wildman–Crippen LogP) is 1.27. The third-order valence-corrected chi connectivity index (χ3v) is 3.24. The van der Waals surface area contributed by atoms with Crippen LogP contribution in [0.4, 0.5) is 0 Å². The number of carbonyl (C=O) groups is 2. The van der Waals surface area contributed by atoms with E-state index in [1.807, 2.05) is 32.0 Å². The van der Waals surface area contributed by atoms with E-state index in [-0.39, 0.29) is 18.4 Å². The molecule has 0 radical (unpaired) electrons. The minimum Gasteiger partial charge on any atom is -0.354 e. The molecule has 1 aliphatic heterocycles. The minimum absolute atomic E-state index is 0.0392. The van der Waals surface area contributed by atoms with Gasteiger partial charge in [0.15, 0.2) is 0 Å². The van der Waals surface area contributed by atoms with Gasteiger partial charge < -0.3 is 10.2 Å². The van der Waals surface area contributed by atoms with Crippen LogP contribution in [0, 0.1) is 13.8 Å². The van der Waals surface area contributed by atoms with Crippen LogP contribution in [-0.4, -0.2) is 36.3 Å². The molecule has 0 atom stereocenters. The predicted molar refractivity (Wildman–Crippen MR) is 69.4 cm³/mol. The lowest BCUT2D eigenvalue weighted by molar-refractivity contribution is -0.121. The summed E-state index contributed by atoms with van der Waals surface area (Å²) in [5.41, 5.74) is 2.65. The van der Waals surface area contributed by atoms with Crippen molar-refractivity contribution >= 4 is 11.8 Å². The van der Waals surface area contributed by atoms with Gasteiger partial charge in [-0.25, -0.2) is 0 Å². The molecule has 2 rings (SSSR count). The summed E-state index contributed by atoms with van der Waals surface area (Å²) in [6.45, 7) is 5.30. The molecule has 1 heterocycles. The zero-order valence-corrected chi connectivity index (χ0v) is 10.8. The fourth-order valence-electron chi connectivity index (χ4n) is 2.29.